The number of carbonyl (C=O) groups is 1. The third-order valence-electron chi connectivity index (χ3n) is 3.91. The third-order valence-corrected chi connectivity index (χ3v) is 5.11. The van der Waals surface area contributed by atoms with Crippen molar-refractivity contribution in [1.82, 2.24) is 0 Å². The van der Waals surface area contributed by atoms with Crippen molar-refractivity contribution in [3.8, 4) is 0 Å². The quantitative estimate of drug-likeness (QED) is 0.924. The molecule has 24 heavy (non-hydrogen) atoms. The van der Waals surface area contributed by atoms with Gasteiger partial charge < -0.3 is 5.32 Å². The molecule has 128 valence electrons. The molecular weight excluding hydrogens is 324 g/mol. The van der Waals surface area contributed by atoms with Gasteiger partial charge in [0, 0.05) is 18.3 Å². The summed E-state index contributed by atoms with van der Waals surface area (Å²) in [6, 6.07) is 10.5. The van der Waals surface area contributed by atoms with Crippen molar-refractivity contribution in [2.24, 2.45) is 0 Å². The van der Waals surface area contributed by atoms with Crippen molar-refractivity contribution in [3.05, 3.63) is 58.7 Å². The van der Waals surface area contributed by atoms with Gasteiger partial charge in [-0.05, 0) is 56.2 Å². The van der Waals surface area contributed by atoms with Gasteiger partial charge in [0.1, 0.15) is 0 Å². The van der Waals surface area contributed by atoms with E-state index in [0.717, 1.165) is 28.6 Å². The van der Waals surface area contributed by atoms with Gasteiger partial charge in [0.2, 0.25) is 10.0 Å². The lowest BCUT2D eigenvalue weighted by molar-refractivity contribution is 0.102. The largest absolute Gasteiger partial charge is 0.322 e. The van der Waals surface area contributed by atoms with Gasteiger partial charge in [-0.2, -0.15) is 0 Å². The molecule has 2 aromatic rings. The number of amides is 1. The Morgan fingerprint density at radius 1 is 1.00 bits per heavy atom. The molecule has 0 bridgehead atoms. The van der Waals surface area contributed by atoms with E-state index in [-0.39, 0.29) is 5.91 Å². The summed E-state index contributed by atoms with van der Waals surface area (Å²) in [5.74, 6) is -0.224. The lowest BCUT2D eigenvalue weighted by Gasteiger charge is -2.17. The number of anilines is 2. The minimum Gasteiger partial charge on any atom is -0.322 e. The second-order valence-corrected chi connectivity index (χ2v) is 8.02. The summed E-state index contributed by atoms with van der Waals surface area (Å²) < 4.78 is 24.3. The van der Waals surface area contributed by atoms with E-state index < -0.39 is 10.0 Å². The second kappa shape index (κ2) is 6.65. The SMILES string of the molecule is Cc1cc(C)c(NC(=O)c2ccc(N(C)S(C)(=O)=O)cc2)c(C)c1. The molecule has 0 fully saturated rings. The molecule has 0 aliphatic rings. The smallest absolute Gasteiger partial charge is 0.255 e. The first kappa shape index (κ1) is 18.0. The molecule has 0 spiro atoms. The van der Waals surface area contributed by atoms with Crippen LogP contribution in [0.2, 0.25) is 0 Å². The van der Waals surface area contributed by atoms with Crippen molar-refractivity contribution >= 4 is 27.3 Å². The van der Waals surface area contributed by atoms with E-state index in [2.05, 4.69) is 5.32 Å². The molecule has 0 atom stereocenters. The number of rotatable bonds is 4. The lowest BCUT2D eigenvalue weighted by atomic mass is 10.0. The van der Waals surface area contributed by atoms with Crippen molar-refractivity contribution in [2.45, 2.75) is 20.8 Å². The zero-order valence-electron chi connectivity index (χ0n) is 14.5. The fourth-order valence-electron chi connectivity index (χ4n) is 2.58. The van der Waals surface area contributed by atoms with Crippen LogP contribution in [0.1, 0.15) is 27.0 Å². The summed E-state index contributed by atoms with van der Waals surface area (Å²) >= 11 is 0. The molecule has 1 N–H and O–H groups in total. The number of sulfonamides is 1. The number of carbonyl (C=O) groups excluding carboxylic acids is 1. The van der Waals surface area contributed by atoms with Gasteiger partial charge in [-0.25, -0.2) is 8.42 Å². The number of nitrogens with one attached hydrogen (secondary N) is 1. The van der Waals surface area contributed by atoms with Crippen molar-refractivity contribution < 1.29 is 13.2 Å². The summed E-state index contributed by atoms with van der Waals surface area (Å²) in [4.78, 5) is 12.4. The Morgan fingerprint density at radius 2 is 1.50 bits per heavy atom. The molecule has 0 heterocycles. The first-order valence-electron chi connectivity index (χ1n) is 7.53. The summed E-state index contributed by atoms with van der Waals surface area (Å²) in [5.41, 5.74) is 4.96. The van der Waals surface area contributed by atoms with Crippen LogP contribution in [0.15, 0.2) is 36.4 Å². The van der Waals surface area contributed by atoms with Gasteiger partial charge in [0.25, 0.3) is 5.91 Å². The van der Waals surface area contributed by atoms with Crippen LogP contribution in [0, 0.1) is 20.8 Å². The molecule has 5 nitrogen and oxygen atoms in total. The summed E-state index contributed by atoms with van der Waals surface area (Å²) in [7, 11) is -1.84. The molecule has 0 saturated heterocycles. The van der Waals surface area contributed by atoms with Gasteiger partial charge in [-0.3, -0.25) is 9.10 Å². The molecule has 0 saturated carbocycles. The summed E-state index contributed by atoms with van der Waals surface area (Å²) in [5, 5.41) is 2.93. The fourth-order valence-corrected chi connectivity index (χ4v) is 3.08. The maximum absolute atomic E-state index is 12.4. The monoisotopic (exact) mass is 346 g/mol. The third kappa shape index (κ3) is 3.94. The Kier molecular flexibility index (Phi) is 4.99. The molecule has 6 heteroatoms. The number of nitrogens with zero attached hydrogens (tertiary/aromatic N) is 1. The Bertz CT molecular complexity index is 849. The van der Waals surface area contributed by atoms with Crippen LogP contribution < -0.4 is 9.62 Å². The normalized spacial score (nSPS) is 11.2. The van der Waals surface area contributed by atoms with E-state index in [9.17, 15) is 13.2 Å². The van der Waals surface area contributed by atoms with Crippen molar-refractivity contribution in [1.29, 1.82) is 0 Å². The minimum absolute atomic E-state index is 0.224. The zero-order chi connectivity index (χ0) is 18.1. The molecule has 2 aromatic carbocycles. The van der Waals surface area contributed by atoms with Crippen LogP contribution in [0.5, 0.6) is 0 Å². The number of hydrogen-bond acceptors (Lipinski definition) is 3. The topological polar surface area (TPSA) is 66.5 Å². The molecule has 0 aromatic heterocycles. The van der Waals surface area contributed by atoms with Crippen LogP contribution in [0.4, 0.5) is 11.4 Å². The second-order valence-electron chi connectivity index (χ2n) is 6.01. The fraction of sp³-hybridized carbons (Fsp3) is 0.278. The summed E-state index contributed by atoms with van der Waals surface area (Å²) in [6.07, 6.45) is 1.14. The lowest BCUT2D eigenvalue weighted by Crippen LogP contribution is -2.24. The Labute approximate surface area is 143 Å². The first-order valence-corrected chi connectivity index (χ1v) is 9.37. The van der Waals surface area contributed by atoms with Gasteiger partial charge in [0.05, 0.1) is 11.9 Å². The van der Waals surface area contributed by atoms with E-state index in [0.29, 0.717) is 11.3 Å². The van der Waals surface area contributed by atoms with Crippen LogP contribution >= 0.6 is 0 Å². The molecule has 0 radical (unpaired) electrons. The van der Waals surface area contributed by atoms with Crippen LogP contribution in [0.3, 0.4) is 0 Å². The Balaban J connectivity index is 2.23. The van der Waals surface area contributed by atoms with Crippen molar-refractivity contribution in [2.75, 3.05) is 22.9 Å². The van der Waals surface area contributed by atoms with E-state index >= 15 is 0 Å². The first-order chi connectivity index (χ1) is 11.1. The molecule has 2 rings (SSSR count). The van der Waals surface area contributed by atoms with Crippen LogP contribution in [0.25, 0.3) is 0 Å². The highest BCUT2D eigenvalue weighted by molar-refractivity contribution is 7.92. The van der Waals surface area contributed by atoms with Gasteiger partial charge in [0.15, 0.2) is 0 Å². The highest BCUT2D eigenvalue weighted by Crippen LogP contribution is 2.23. The van der Waals surface area contributed by atoms with E-state index in [4.69, 9.17) is 0 Å². The number of hydrogen-bond donors (Lipinski definition) is 1. The maximum Gasteiger partial charge on any atom is 0.255 e. The standard InChI is InChI=1S/C18H22N2O3S/c1-12-10-13(2)17(14(3)11-12)19-18(21)15-6-8-16(9-7-15)20(4)24(5,22)23/h6-11H,1-5H3,(H,19,21). The van der Waals surface area contributed by atoms with Crippen molar-refractivity contribution in [3.63, 3.8) is 0 Å². The molecule has 1 amide bonds. The molecule has 0 unspecified atom stereocenters. The summed E-state index contributed by atoms with van der Waals surface area (Å²) in [6.45, 7) is 5.93. The Morgan fingerprint density at radius 3 is 1.96 bits per heavy atom. The average Bonchev–Trinajstić information content (AvgIpc) is 2.49. The Hall–Kier alpha value is -2.34. The molecule has 0 aliphatic carbocycles. The van der Waals surface area contributed by atoms with Crippen LogP contribution in [-0.2, 0) is 10.0 Å². The maximum atomic E-state index is 12.4. The van der Waals surface area contributed by atoms with E-state index in [1.54, 1.807) is 24.3 Å². The van der Waals surface area contributed by atoms with E-state index in [1.807, 2.05) is 32.9 Å². The highest BCUT2D eigenvalue weighted by atomic mass is 32.2. The van der Waals surface area contributed by atoms with Gasteiger partial charge in [-0.15, -0.1) is 0 Å². The van der Waals surface area contributed by atoms with E-state index in [1.165, 1.54) is 11.4 Å². The highest BCUT2D eigenvalue weighted by Gasteiger charge is 2.14. The van der Waals surface area contributed by atoms with Crippen LogP contribution in [-0.4, -0.2) is 27.6 Å². The molecule has 0 aliphatic heterocycles. The predicted octanol–water partition coefficient (Wildman–Crippen LogP) is 3.26. The minimum atomic E-state index is -3.32. The van der Waals surface area contributed by atoms with Gasteiger partial charge >= 0.3 is 0 Å². The van der Waals surface area contributed by atoms with Gasteiger partial charge in [-0.1, -0.05) is 17.7 Å². The zero-order valence-corrected chi connectivity index (χ0v) is 15.4. The predicted molar refractivity (Wildman–Crippen MR) is 98.3 cm³/mol. The average molecular weight is 346 g/mol. The molecular formula is C18H22N2O3S. The number of aryl methyl sites for hydroxylation is 3. The number of benzene rings is 2.